The van der Waals surface area contributed by atoms with Crippen LogP contribution in [0.2, 0.25) is 0 Å². The molecule has 1 atom stereocenters. The summed E-state index contributed by atoms with van der Waals surface area (Å²) in [5.41, 5.74) is 0.806. The molecule has 0 aliphatic heterocycles. The van der Waals surface area contributed by atoms with E-state index >= 15 is 0 Å². The van der Waals surface area contributed by atoms with Gasteiger partial charge in [0.2, 0.25) is 24.1 Å². The lowest BCUT2D eigenvalue weighted by atomic mass is 9.94. The predicted octanol–water partition coefficient (Wildman–Crippen LogP) is 4.88. The standard InChI is InChI=1S/C21H32N2O4.C12H21NO/c1-15(2)16(3)12-20(27)23(14-25)18-8-6-17(7-9-18)13-19(26)22-21(4,5)10-11-24;1-10(2)6-5-9-13-12(14)8-7-11(3)4/h6-9,14-16,24H,10-13H2,1-5H3,(H,22,26);10-11H,7-9H2,1-4H3,(H,13,14). The smallest absolute Gasteiger partial charge is 0.233 e. The zero-order valence-electron chi connectivity index (χ0n) is 26.7. The van der Waals surface area contributed by atoms with Gasteiger partial charge in [-0.25, -0.2) is 0 Å². The molecule has 8 nitrogen and oxygen atoms in total. The van der Waals surface area contributed by atoms with Crippen molar-refractivity contribution in [1.29, 1.82) is 0 Å². The summed E-state index contributed by atoms with van der Waals surface area (Å²) in [4.78, 5) is 48.3. The molecule has 0 spiro atoms. The van der Waals surface area contributed by atoms with E-state index in [-0.39, 0.29) is 36.7 Å². The number of amides is 4. The van der Waals surface area contributed by atoms with E-state index in [2.05, 4.69) is 36.3 Å². The second kappa shape index (κ2) is 19.8. The van der Waals surface area contributed by atoms with Crippen molar-refractivity contribution >= 4 is 29.8 Å². The van der Waals surface area contributed by atoms with Gasteiger partial charge in [0.15, 0.2) is 0 Å². The highest BCUT2D eigenvalue weighted by atomic mass is 16.3. The summed E-state index contributed by atoms with van der Waals surface area (Å²) in [5, 5.41) is 14.7. The molecule has 0 saturated heterocycles. The molecular formula is C33H53N3O5. The van der Waals surface area contributed by atoms with Crippen LogP contribution >= 0.6 is 0 Å². The lowest BCUT2D eigenvalue weighted by molar-refractivity contribution is -0.123. The average Bonchev–Trinajstić information content (AvgIpc) is 2.86. The molecule has 0 saturated carbocycles. The summed E-state index contributed by atoms with van der Waals surface area (Å²) < 4.78 is 0. The number of carbonyl (C=O) groups excluding carboxylic acids is 4. The first-order chi connectivity index (χ1) is 19.1. The highest BCUT2D eigenvalue weighted by Crippen LogP contribution is 2.20. The molecule has 41 heavy (non-hydrogen) atoms. The van der Waals surface area contributed by atoms with Crippen LogP contribution in [0.25, 0.3) is 0 Å². The van der Waals surface area contributed by atoms with E-state index in [1.165, 1.54) is 0 Å². The van der Waals surface area contributed by atoms with Gasteiger partial charge in [0.05, 0.1) is 18.7 Å². The first-order valence-corrected chi connectivity index (χ1v) is 14.6. The van der Waals surface area contributed by atoms with Crippen LogP contribution in [0.1, 0.15) is 93.6 Å². The molecule has 0 radical (unpaired) electrons. The minimum absolute atomic E-state index is 0.00691. The van der Waals surface area contributed by atoms with Crippen molar-refractivity contribution in [1.82, 2.24) is 10.6 Å². The highest BCUT2D eigenvalue weighted by Gasteiger charge is 2.21. The summed E-state index contributed by atoms with van der Waals surface area (Å²) >= 11 is 0. The van der Waals surface area contributed by atoms with Gasteiger partial charge in [-0.05, 0) is 62.1 Å². The predicted molar refractivity (Wildman–Crippen MR) is 166 cm³/mol. The molecule has 0 aromatic heterocycles. The van der Waals surface area contributed by atoms with E-state index in [4.69, 9.17) is 5.11 Å². The van der Waals surface area contributed by atoms with Crippen molar-refractivity contribution in [2.24, 2.45) is 23.7 Å². The zero-order valence-corrected chi connectivity index (χ0v) is 26.7. The number of anilines is 1. The summed E-state index contributed by atoms with van der Waals surface area (Å²) in [6.07, 6.45) is 3.07. The number of aliphatic hydroxyl groups is 1. The van der Waals surface area contributed by atoms with E-state index in [9.17, 15) is 19.2 Å². The quantitative estimate of drug-likeness (QED) is 0.218. The number of carbonyl (C=O) groups is 4. The Morgan fingerprint density at radius 3 is 2.10 bits per heavy atom. The zero-order chi connectivity index (χ0) is 31.6. The van der Waals surface area contributed by atoms with Crippen LogP contribution in [0.4, 0.5) is 5.69 Å². The van der Waals surface area contributed by atoms with Gasteiger partial charge in [-0.2, -0.15) is 0 Å². The van der Waals surface area contributed by atoms with E-state index in [1.54, 1.807) is 24.3 Å². The van der Waals surface area contributed by atoms with E-state index < -0.39 is 5.54 Å². The number of benzene rings is 1. The van der Waals surface area contributed by atoms with Crippen LogP contribution < -0.4 is 15.5 Å². The maximum Gasteiger partial charge on any atom is 0.233 e. The molecule has 230 valence electrons. The molecule has 0 aliphatic carbocycles. The number of nitrogens with one attached hydrogen (secondary N) is 2. The molecule has 1 aromatic rings. The average molecular weight is 572 g/mol. The summed E-state index contributed by atoms with van der Waals surface area (Å²) in [7, 11) is 0. The Labute approximate surface area is 248 Å². The van der Waals surface area contributed by atoms with Crippen molar-refractivity contribution < 1.29 is 24.3 Å². The number of hydrogen-bond donors (Lipinski definition) is 3. The molecule has 4 amide bonds. The fraction of sp³-hybridized carbons (Fsp3) is 0.636. The maximum absolute atomic E-state index is 12.4. The van der Waals surface area contributed by atoms with Crippen LogP contribution in [0.3, 0.4) is 0 Å². The van der Waals surface area contributed by atoms with Crippen LogP contribution in [0, 0.1) is 35.5 Å². The largest absolute Gasteiger partial charge is 0.396 e. The SMILES string of the molecule is CC(C)C#CCNC(=O)CCC(C)C.CC(C)C(C)CC(=O)N(C=O)c1ccc(CC(=O)NC(C)(C)CCO)cc1. The van der Waals surface area contributed by atoms with E-state index in [0.29, 0.717) is 55.7 Å². The Balaban J connectivity index is 0.000000964. The van der Waals surface area contributed by atoms with Crippen LogP contribution in [-0.2, 0) is 25.6 Å². The second-order valence-electron chi connectivity index (χ2n) is 12.2. The van der Waals surface area contributed by atoms with Gasteiger partial charge in [0.1, 0.15) is 0 Å². The van der Waals surface area contributed by atoms with Crippen molar-refractivity contribution in [3.8, 4) is 11.8 Å². The maximum atomic E-state index is 12.4. The number of hydrogen-bond acceptors (Lipinski definition) is 5. The highest BCUT2D eigenvalue weighted by molar-refractivity contribution is 6.06. The first kappa shape index (κ1) is 37.8. The molecule has 1 aromatic carbocycles. The van der Waals surface area contributed by atoms with Gasteiger partial charge in [0.25, 0.3) is 0 Å². The second-order valence-corrected chi connectivity index (χ2v) is 12.2. The Morgan fingerprint density at radius 1 is 1.00 bits per heavy atom. The van der Waals surface area contributed by atoms with Gasteiger partial charge < -0.3 is 15.7 Å². The Hall–Kier alpha value is -3.18. The fourth-order valence-electron chi connectivity index (χ4n) is 3.50. The number of aliphatic hydroxyl groups excluding tert-OH is 1. The number of imide groups is 1. The van der Waals surface area contributed by atoms with Crippen molar-refractivity contribution in [2.45, 2.75) is 100.0 Å². The Kier molecular flexibility index (Phi) is 18.3. The van der Waals surface area contributed by atoms with E-state index in [1.807, 2.05) is 48.5 Å². The normalized spacial score (nSPS) is 11.6. The molecule has 0 fully saturated rings. The van der Waals surface area contributed by atoms with Crippen molar-refractivity contribution in [3.63, 3.8) is 0 Å². The fourth-order valence-corrected chi connectivity index (χ4v) is 3.50. The molecule has 0 bridgehead atoms. The first-order valence-electron chi connectivity index (χ1n) is 14.6. The lowest BCUT2D eigenvalue weighted by Crippen LogP contribution is -2.44. The van der Waals surface area contributed by atoms with Crippen molar-refractivity contribution in [2.75, 3.05) is 18.1 Å². The third-order valence-corrected chi connectivity index (χ3v) is 6.52. The van der Waals surface area contributed by atoms with Crippen LogP contribution in [0.5, 0.6) is 0 Å². The van der Waals surface area contributed by atoms with Gasteiger partial charge >= 0.3 is 0 Å². The van der Waals surface area contributed by atoms with Gasteiger partial charge in [-0.1, -0.05) is 72.4 Å². The Bertz CT molecular complexity index is 1000. The minimum atomic E-state index is -0.473. The van der Waals surface area contributed by atoms with Crippen LogP contribution in [0.15, 0.2) is 24.3 Å². The Morgan fingerprint density at radius 2 is 1.61 bits per heavy atom. The van der Waals surface area contributed by atoms with Gasteiger partial charge in [0, 0.05) is 30.9 Å². The summed E-state index contributed by atoms with van der Waals surface area (Å²) in [6.45, 7) is 18.6. The van der Waals surface area contributed by atoms with Crippen molar-refractivity contribution in [3.05, 3.63) is 29.8 Å². The molecule has 0 aliphatic rings. The minimum Gasteiger partial charge on any atom is -0.396 e. The summed E-state index contributed by atoms with van der Waals surface area (Å²) in [5.74, 6) is 7.16. The monoisotopic (exact) mass is 571 g/mol. The van der Waals surface area contributed by atoms with E-state index in [0.717, 1.165) is 16.9 Å². The topological polar surface area (TPSA) is 116 Å². The van der Waals surface area contributed by atoms with Crippen LogP contribution in [-0.4, -0.2) is 47.9 Å². The number of nitrogens with zero attached hydrogens (tertiary/aromatic N) is 1. The molecule has 8 heteroatoms. The summed E-state index contributed by atoms with van der Waals surface area (Å²) in [6, 6.07) is 6.83. The molecule has 3 N–H and O–H groups in total. The van der Waals surface area contributed by atoms with Gasteiger partial charge in [-0.15, -0.1) is 0 Å². The van der Waals surface area contributed by atoms with Gasteiger partial charge in [-0.3, -0.25) is 24.1 Å². The third-order valence-electron chi connectivity index (χ3n) is 6.52. The number of rotatable bonds is 14. The third kappa shape index (κ3) is 18.0. The lowest BCUT2D eigenvalue weighted by Gasteiger charge is -2.25. The molecular weight excluding hydrogens is 518 g/mol. The molecule has 0 heterocycles. The molecule has 1 unspecified atom stereocenters. The molecule has 1 rings (SSSR count).